The normalized spacial score (nSPS) is 21.9. The number of aliphatic hydroxyl groups is 1. The third-order valence-corrected chi connectivity index (χ3v) is 3.78. The summed E-state index contributed by atoms with van der Waals surface area (Å²) in [7, 11) is 1.71. The fourth-order valence-electron chi connectivity index (χ4n) is 2.65. The fraction of sp³-hybridized carbons (Fsp3) is 0.600. The Morgan fingerprint density at radius 1 is 1.35 bits per heavy atom. The molecule has 20 heavy (non-hydrogen) atoms. The van der Waals surface area contributed by atoms with Crippen LogP contribution in [-0.2, 0) is 4.74 Å². The molecule has 0 spiro atoms. The molecule has 1 fully saturated rings. The average Bonchev–Trinajstić information content (AvgIpc) is 2.44. The Hall–Kier alpha value is -1.04. The zero-order valence-corrected chi connectivity index (χ0v) is 11.7. The Morgan fingerprint density at radius 3 is 2.70 bits per heavy atom. The molecule has 1 N–H and O–H groups in total. The molecule has 5 heteroatoms. The third kappa shape index (κ3) is 4.23. The number of nitrogens with zero attached hydrogens (tertiary/aromatic N) is 1. The number of halogens is 2. The van der Waals surface area contributed by atoms with Crippen molar-refractivity contribution in [1.82, 2.24) is 4.90 Å². The Labute approximate surface area is 118 Å². The molecule has 0 aromatic heterocycles. The summed E-state index contributed by atoms with van der Waals surface area (Å²) in [5.74, 6) is -1.31. The Bertz CT molecular complexity index is 422. The predicted octanol–water partition coefficient (Wildman–Crippen LogP) is 2.50. The lowest BCUT2D eigenvalue weighted by Crippen LogP contribution is -2.40. The molecular formula is C15H21F2NO2. The van der Waals surface area contributed by atoms with E-state index in [1.807, 2.05) is 0 Å². The highest BCUT2D eigenvalue weighted by Crippen LogP contribution is 2.21. The number of piperidine rings is 1. The lowest BCUT2D eigenvalue weighted by Gasteiger charge is -2.32. The minimum atomic E-state index is -0.844. The molecule has 112 valence electrons. The summed E-state index contributed by atoms with van der Waals surface area (Å²) < 4.78 is 31.5. The van der Waals surface area contributed by atoms with Gasteiger partial charge in [-0.05, 0) is 43.5 Å². The summed E-state index contributed by atoms with van der Waals surface area (Å²) in [5, 5.41) is 10.0. The van der Waals surface area contributed by atoms with E-state index in [1.165, 1.54) is 12.1 Å². The lowest BCUT2D eigenvalue weighted by molar-refractivity contribution is 0.0255. The molecule has 1 aromatic carbocycles. The van der Waals surface area contributed by atoms with Crippen molar-refractivity contribution in [1.29, 1.82) is 0 Å². The van der Waals surface area contributed by atoms with Gasteiger partial charge in [0.2, 0.25) is 0 Å². The van der Waals surface area contributed by atoms with Crippen molar-refractivity contribution in [3.05, 3.63) is 35.4 Å². The van der Waals surface area contributed by atoms with Crippen molar-refractivity contribution >= 4 is 0 Å². The highest BCUT2D eigenvalue weighted by atomic mass is 19.1. The maximum Gasteiger partial charge on any atom is 0.126 e. The SMILES string of the molecule is COC1CCCN(CCC(O)c2cc(F)cc(F)c2)C1. The van der Waals surface area contributed by atoms with Gasteiger partial charge in [-0.25, -0.2) is 8.78 Å². The van der Waals surface area contributed by atoms with E-state index in [0.29, 0.717) is 18.5 Å². The van der Waals surface area contributed by atoms with Crippen LogP contribution in [0.4, 0.5) is 8.78 Å². The lowest BCUT2D eigenvalue weighted by atomic mass is 10.0. The van der Waals surface area contributed by atoms with Crippen LogP contribution >= 0.6 is 0 Å². The monoisotopic (exact) mass is 285 g/mol. The molecule has 0 saturated carbocycles. The highest BCUT2D eigenvalue weighted by molar-refractivity contribution is 5.20. The second-order valence-corrected chi connectivity index (χ2v) is 5.31. The zero-order chi connectivity index (χ0) is 14.5. The first-order chi connectivity index (χ1) is 9.58. The summed E-state index contributed by atoms with van der Waals surface area (Å²) in [6, 6.07) is 3.17. The summed E-state index contributed by atoms with van der Waals surface area (Å²) in [4.78, 5) is 2.22. The molecule has 1 aromatic rings. The van der Waals surface area contributed by atoms with E-state index in [0.717, 1.165) is 32.0 Å². The standard InChI is InChI=1S/C15H21F2NO2/c1-20-14-3-2-5-18(10-14)6-4-15(19)11-7-12(16)9-13(17)8-11/h7-9,14-15,19H,2-6,10H2,1H3. The number of ether oxygens (including phenoxy) is 1. The smallest absolute Gasteiger partial charge is 0.126 e. The summed E-state index contributed by atoms with van der Waals surface area (Å²) >= 11 is 0. The summed E-state index contributed by atoms with van der Waals surface area (Å²) in [5.41, 5.74) is 0.294. The molecule has 2 unspecified atom stereocenters. The predicted molar refractivity (Wildman–Crippen MR) is 72.4 cm³/mol. The van der Waals surface area contributed by atoms with Gasteiger partial charge in [0.1, 0.15) is 11.6 Å². The van der Waals surface area contributed by atoms with Gasteiger partial charge < -0.3 is 14.7 Å². The molecule has 2 rings (SSSR count). The van der Waals surface area contributed by atoms with E-state index in [2.05, 4.69) is 4.90 Å². The van der Waals surface area contributed by atoms with Gasteiger partial charge in [0, 0.05) is 26.3 Å². The topological polar surface area (TPSA) is 32.7 Å². The molecule has 1 saturated heterocycles. The van der Waals surface area contributed by atoms with E-state index in [9.17, 15) is 13.9 Å². The number of likely N-dealkylation sites (tertiary alicyclic amines) is 1. The van der Waals surface area contributed by atoms with Gasteiger partial charge in [0.15, 0.2) is 0 Å². The molecule has 0 amide bonds. The molecule has 0 radical (unpaired) electrons. The van der Waals surface area contributed by atoms with Gasteiger partial charge in [-0.3, -0.25) is 0 Å². The molecule has 2 atom stereocenters. The first-order valence-electron chi connectivity index (χ1n) is 6.97. The van der Waals surface area contributed by atoms with E-state index in [1.54, 1.807) is 7.11 Å². The number of methoxy groups -OCH3 is 1. The van der Waals surface area contributed by atoms with Crippen LogP contribution in [0.2, 0.25) is 0 Å². The van der Waals surface area contributed by atoms with Crippen LogP contribution in [0.5, 0.6) is 0 Å². The largest absolute Gasteiger partial charge is 0.388 e. The molecule has 3 nitrogen and oxygen atoms in total. The number of aliphatic hydroxyl groups excluding tert-OH is 1. The molecule has 0 bridgehead atoms. The Morgan fingerprint density at radius 2 is 2.05 bits per heavy atom. The molecular weight excluding hydrogens is 264 g/mol. The van der Waals surface area contributed by atoms with E-state index < -0.39 is 17.7 Å². The first kappa shape index (κ1) is 15.4. The quantitative estimate of drug-likeness (QED) is 0.902. The van der Waals surface area contributed by atoms with Crippen molar-refractivity contribution < 1.29 is 18.6 Å². The first-order valence-corrected chi connectivity index (χ1v) is 6.97. The Balaban J connectivity index is 1.86. The van der Waals surface area contributed by atoms with E-state index in [-0.39, 0.29) is 6.10 Å². The zero-order valence-electron chi connectivity index (χ0n) is 11.7. The van der Waals surface area contributed by atoms with Crippen LogP contribution in [0.25, 0.3) is 0 Å². The maximum absolute atomic E-state index is 13.1. The Kier molecular flexibility index (Phi) is 5.46. The van der Waals surface area contributed by atoms with Crippen molar-refractivity contribution in [2.45, 2.75) is 31.5 Å². The average molecular weight is 285 g/mol. The summed E-state index contributed by atoms with van der Waals surface area (Å²) in [6.07, 6.45) is 1.99. The van der Waals surface area contributed by atoms with Crippen molar-refractivity contribution in [2.75, 3.05) is 26.7 Å². The van der Waals surface area contributed by atoms with Crippen LogP contribution in [-0.4, -0.2) is 42.9 Å². The van der Waals surface area contributed by atoms with E-state index in [4.69, 9.17) is 4.74 Å². The second-order valence-electron chi connectivity index (χ2n) is 5.31. The fourth-order valence-corrected chi connectivity index (χ4v) is 2.65. The maximum atomic E-state index is 13.1. The third-order valence-electron chi connectivity index (χ3n) is 3.78. The second kappa shape index (κ2) is 7.11. The molecule has 1 heterocycles. The van der Waals surface area contributed by atoms with Gasteiger partial charge in [-0.2, -0.15) is 0 Å². The molecule has 0 aliphatic carbocycles. The minimum absolute atomic E-state index is 0.243. The van der Waals surface area contributed by atoms with Crippen molar-refractivity contribution in [3.8, 4) is 0 Å². The van der Waals surface area contributed by atoms with Crippen LogP contribution in [0.15, 0.2) is 18.2 Å². The van der Waals surface area contributed by atoms with Crippen LogP contribution in [0, 0.1) is 11.6 Å². The van der Waals surface area contributed by atoms with Gasteiger partial charge in [-0.15, -0.1) is 0 Å². The minimum Gasteiger partial charge on any atom is -0.388 e. The van der Waals surface area contributed by atoms with Crippen LogP contribution in [0.3, 0.4) is 0 Å². The summed E-state index contributed by atoms with van der Waals surface area (Å²) in [6.45, 7) is 2.52. The van der Waals surface area contributed by atoms with Gasteiger partial charge in [-0.1, -0.05) is 0 Å². The van der Waals surface area contributed by atoms with Crippen LogP contribution < -0.4 is 0 Å². The highest BCUT2D eigenvalue weighted by Gasteiger charge is 2.20. The van der Waals surface area contributed by atoms with Gasteiger partial charge in [0.05, 0.1) is 12.2 Å². The molecule has 1 aliphatic rings. The number of benzene rings is 1. The number of rotatable bonds is 5. The van der Waals surface area contributed by atoms with E-state index >= 15 is 0 Å². The van der Waals surface area contributed by atoms with Crippen molar-refractivity contribution in [2.24, 2.45) is 0 Å². The van der Waals surface area contributed by atoms with Gasteiger partial charge >= 0.3 is 0 Å². The molecule has 1 aliphatic heterocycles. The number of hydrogen-bond donors (Lipinski definition) is 1. The number of hydrogen-bond acceptors (Lipinski definition) is 3. The van der Waals surface area contributed by atoms with Crippen LogP contribution in [0.1, 0.15) is 30.9 Å². The van der Waals surface area contributed by atoms with Gasteiger partial charge in [0.25, 0.3) is 0 Å². The van der Waals surface area contributed by atoms with Crippen molar-refractivity contribution in [3.63, 3.8) is 0 Å².